The maximum atomic E-state index is 13.7. The van der Waals surface area contributed by atoms with Crippen LogP contribution in [0.5, 0.6) is 0 Å². The maximum absolute atomic E-state index is 13.7. The molecule has 2 aliphatic heterocycles. The van der Waals surface area contributed by atoms with E-state index in [1.54, 1.807) is 7.11 Å². The molecule has 1 aliphatic carbocycles. The summed E-state index contributed by atoms with van der Waals surface area (Å²) in [5.74, 6) is 2.20. The van der Waals surface area contributed by atoms with Gasteiger partial charge >= 0.3 is 0 Å². The summed E-state index contributed by atoms with van der Waals surface area (Å²) in [7, 11) is 1.64. The van der Waals surface area contributed by atoms with Crippen LogP contribution in [0.2, 0.25) is 5.02 Å². The topological polar surface area (TPSA) is 75.0 Å². The molecule has 0 bridgehead atoms. The first-order valence-electron chi connectivity index (χ1n) is 13.7. The Morgan fingerprint density at radius 2 is 1.84 bits per heavy atom. The molecule has 2 aromatic rings. The smallest absolute Gasteiger partial charge is 0.246 e. The Morgan fingerprint density at radius 3 is 2.57 bits per heavy atom. The molecule has 1 spiro atoms. The Balaban J connectivity index is 1.24. The van der Waals surface area contributed by atoms with Gasteiger partial charge in [-0.2, -0.15) is 0 Å². The molecule has 0 radical (unpaired) electrons. The number of hydrogen-bond donors (Lipinski definition) is 1. The molecule has 2 amide bonds. The lowest BCUT2D eigenvalue weighted by atomic mass is 9.79. The largest absolute Gasteiger partial charge is 0.460 e. The number of furan rings is 1. The van der Waals surface area contributed by atoms with Crippen molar-refractivity contribution in [2.24, 2.45) is 5.92 Å². The number of nitrogens with zero attached hydrogens (tertiary/aromatic N) is 2. The Hall–Kier alpha value is -2.35. The average Bonchev–Trinajstić information content (AvgIpc) is 3.37. The van der Waals surface area contributed by atoms with Gasteiger partial charge < -0.3 is 19.4 Å². The highest BCUT2D eigenvalue weighted by Gasteiger charge is 2.53. The highest BCUT2D eigenvalue weighted by Crippen LogP contribution is 2.36. The second-order valence-corrected chi connectivity index (χ2v) is 11.2. The van der Waals surface area contributed by atoms with Crippen molar-refractivity contribution in [1.29, 1.82) is 0 Å². The molecular weight excluding hydrogens is 490 g/mol. The molecule has 3 aliphatic rings. The molecule has 8 heteroatoms. The van der Waals surface area contributed by atoms with Crippen LogP contribution in [-0.4, -0.2) is 66.5 Å². The number of rotatable bonds is 8. The van der Waals surface area contributed by atoms with E-state index in [1.165, 1.54) is 19.3 Å². The number of piperidine rings is 1. The van der Waals surface area contributed by atoms with E-state index in [9.17, 15) is 9.59 Å². The third-order valence-electron chi connectivity index (χ3n) is 8.49. The van der Waals surface area contributed by atoms with Crippen LogP contribution in [0, 0.1) is 5.92 Å². The third-order valence-corrected chi connectivity index (χ3v) is 8.81. The Morgan fingerprint density at radius 1 is 1.08 bits per heavy atom. The zero-order chi connectivity index (χ0) is 25.8. The van der Waals surface area contributed by atoms with E-state index in [0.29, 0.717) is 56.6 Å². The molecule has 37 heavy (non-hydrogen) atoms. The van der Waals surface area contributed by atoms with E-state index in [4.69, 9.17) is 20.8 Å². The van der Waals surface area contributed by atoms with Crippen molar-refractivity contribution in [2.45, 2.75) is 69.5 Å². The number of amides is 2. The van der Waals surface area contributed by atoms with Crippen LogP contribution in [0.3, 0.4) is 0 Å². The molecule has 1 N–H and O–H groups in total. The molecule has 1 aromatic heterocycles. The minimum atomic E-state index is -0.804. The number of ether oxygens (including phenoxy) is 1. The molecule has 5 rings (SSSR count). The van der Waals surface area contributed by atoms with Crippen molar-refractivity contribution < 1.29 is 18.7 Å². The van der Waals surface area contributed by atoms with E-state index < -0.39 is 11.6 Å². The predicted molar refractivity (Wildman–Crippen MR) is 143 cm³/mol. The van der Waals surface area contributed by atoms with E-state index in [-0.39, 0.29) is 11.8 Å². The zero-order valence-corrected chi connectivity index (χ0v) is 22.5. The van der Waals surface area contributed by atoms with Gasteiger partial charge in [-0.15, -0.1) is 0 Å². The fourth-order valence-electron chi connectivity index (χ4n) is 6.37. The molecule has 1 unspecified atom stereocenters. The minimum Gasteiger partial charge on any atom is -0.460 e. The summed E-state index contributed by atoms with van der Waals surface area (Å²) in [6.07, 6.45) is 7.99. The number of nitrogens with one attached hydrogen (secondary N) is 1. The number of hydrogen-bond acceptors (Lipinski definition) is 5. The lowest BCUT2D eigenvalue weighted by Gasteiger charge is -2.52. The van der Waals surface area contributed by atoms with Crippen molar-refractivity contribution in [2.75, 3.05) is 33.4 Å². The van der Waals surface area contributed by atoms with Crippen molar-refractivity contribution >= 4 is 23.4 Å². The summed E-state index contributed by atoms with van der Waals surface area (Å²) in [6.45, 7) is 2.94. The van der Waals surface area contributed by atoms with E-state index >= 15 is 0 Å². The molecule has 3 fully saturated rings. The van der Waals surface area contributed by atoms with Crippen LogP contribution < -0.4 is 5.32 Å². The predicted octanol–water partition coefficient (Wildman–Crippen LogP) is 4.88. The van der Waals surface area contributed by atoms with Gasteiger partial charge in [-0.25, -0.2) is 0 Å². The Labute approximate surface area is 224 Å². The maximum Gasteiger partial charge on any atom is 0.246 e. The molecule has 3 heterocycles. The quantitative estimate of drug-likeness (QED) is 0.529. The number of methoxy groups -OCH3 is 1. The molecule has 1 aromatic carbocycles. The number of carbonyl (C=O) groups is 2. The first-order valence-corrected chi connectivity index (χ1v) is 14.1. The Bertz CT molecular complexity index is 1090. The fourth-order valence-corrected chi connectivity index (χ4v) is 6.59. The average molecular weight is 528 g/mol. The summed E-state index contributed by atoms with van der Waals surface area (Å²) in [5, 5.41) is 3.81. The van der Waals surface area contributed by atoms with Crippen molar-refractivity contribution in [1.82, 2.24) is 15.1 Å². The second-order valence-electron chi connectivity index (χ2n) is 10.8. The van der Waals surface area contributed by atoms with Crippen molar-refractivity contribution in [3.63, 3.8) is 0 Å². The zero-order valence-electron chi connectivity index (χ0n) is 21.7. The minimum absolute atomic E-state index is 0.00247. The number of likely N-dealkylation sites (tertiary alicyclic amines) is 1. The van der Waals surface area contributed by atoms with Crippen molar-refractivity contribution in [3.05, 3.63) is 47.2 Å². The standard InChI is InChI=1S/C29H38ClN3O4/c1-36-18-17-33-27(34)25(19-21-7-3-2-4-8-21)31-28(35)29(33)13-15-32(16-14-29)20-22-11-12-26(37-22)23-9-5-6-10-24(23)30/h5-6,9-12,21,25H,2-4,7-8,13-20H2,1H3,(H,31,35). The van der Waals surface area contributed by atoms with E-state index in [2.05, 4.69) is 10.2 Å². The molecular formula is C29H38ClN3O4. The van der Waals surface area contributed by atoms with Gasteiger partial charge in [0.25, 0.3) is 0 Å². The van der Waals surface area contributed by atoms with Crippen LogP contribution in [0.25, 0.3) is 11.3 Å². The number of piperazine rings is 1. The summed E-state index contributed by atoms with van der Waals surface area (Å²) >= 11 is 6.33. The van der Waals surface area contributed by atoms with Gasteiger partial charge in [0, 0.05) is 32.3 Å². The molecule has 200 valence electrons. The third kappa shape index (κ3) is 5.59. The van der Waals surface area contributed by atoms with Crippen LogP contribution in [0.4, 0.5) is 0 Å². The van der Waals surface area contributed by atoms with Crippen LogP contribution in [0.15, 0.2) is 40.8 Å². The Kier molecular flexibility index (Phi) is 8.22. The van der Waals surface area contributed by atoms with Gasteiger partial charge in [0.15, 0.2) is 0 Å². The van der Waals surface area contributed by atoms with Crippen LogP contribution >= 0.6 is 11.6 Å². The lowest BCUT2D eigenvalue weighted by molar-refractivity contribution is -0.162. The van der Waals surface area contributed by atoms with Crippen LogP contribution in [0.1, 0.15) is 57.1 Å². The van der Waals surface area contributed by atoms with Gasteiger partial charge in [-0.05, 0) is 49.4 Å². The van der Waals surface area contributed by atoms with Gasteiger partial charge in [-0.1, -0.05) is 55.8 Å². The summed E-state index contributed by atoms with van der Waals surface area (Å²) in [5.41, 5.74) is 0.0723. The highest BCUT2D eigenvalue weighted by atomic mass is 35.5. The van der Waals surface area contributed by atoms with Gasteiger partial charge in [0.05, 0.1) is 18.2 Å². The molecule has 1 saturated carbocycles. The van der Waals surface area contributed by atoms with E-state index in [1.807, 2.05) is 41.3 Å². The highest BCUT2D eigenvalue weighted by molar-refractivity contribution is 6.33. The van der Waals surface area contributed by atoms with Crippen molar-refractivity contribution in [3.8, 4) is 11.3 Å². The molecule has 7 nitrogen and oxygen atoms in total. The van der Waals surface area contributed by atoms with Crippen LogP contribution in [-0.2, 0) is 20.9 Å². The lowest BCUT2D eigenvalue weighted by Crippen LogP contribution is -2.73. The second kappa shape index (κ2) is 11.6. The fraction of sp³-hybridized carbons (Fsp3) is 0.586. The summed E-state index contributed by atoms with van der Waals surface area (Å²) in [4.78, 5) is 31.4. The van der Waals surface area contributed by atoms with E-state index in [0.717, 1.165) is 36.3 Å². The first-order chi connectivity index (χ1) is 18.0. The number of halogens is 1. The van der Waals surface area contributed by atoms with Gasteiger partial charge in [0.1, 0.15) is 23.1 Å². The summed E-state index contributed by atoms with van der Waals surface area (Å²) in [6, 6.07) is 11.2. The molecule has 1 atom stereocenters. The molecule has 2 saturated heterocycles. The SMILES string of the molecule is COCCN1C(=O)C(CC2CCCCC2)NC(=O)C12CCN(Cc1ccc(-c3ccccc3Cl)o1)CC2. The normalized spacial score (nSPS) is 23.0. The number of benzene rings is 1. The first kappa shape index (κ1) is 26.3. The van der Waals surface area contributed by atoms with Gasteiger partial charge in [-0.3, -0.25) is 14.5 Å². The monoisotopic (exact) mass is 527 g/mol. The van der Waals surface area contributed by atoms with Gasteiger partial charge in [0.2, 0.25) is 11.8 Å². The summed E-state index contributed by atoms with van der Waals surface area (Å²) < 4.78 is 11.4. The number of carbonyl (C=O) groups excluding carboxylic acids is 2.